The van der Waals surface area contributed by atoms with E-state index in [1.165, 1.54) is 31.3 Å². The molecular formula is C17H22F2N4O3S. The van der Waals surface area contributed by atoms with Crippen LogP contribution in [0.3, 0.4) is 0 Å². The van der Waals surface area contributed by atoms with Crippen LogP contribution in [-0.2, 0) is 23.3 Å². The number of nitrogens with one attached hydrogen (secondary N) is 2. The van der Waals surface area contributed by atoms with Crippen LogP contribution in [0.4, 0.5) is 19.3 Å². The number of amides is 1. The summed E-state index contributed by atoms with van der Waals surface area (Å²) in [5.41, 5.74) is -3.24. The number of hydrogen-bond acceptors (Lipinski definition) is 5. The molecule has 1 aromatic carbocycles. The second-order valence-corrected chi connectivity index (χ2v) is 7.65. The van der Waals surface area contributed by atoms with E-state index >= 15 is 0 Å². The van der Waals surface area contributed by atoms with Crippen LogP contribution in [0.15, 0.2) is 24.3 Å². The number of ether oxygens (including phenoxy) is 1. The molecule has 1 unspecified atom stereocenters. The maximum atomic E-state index is 15.0. The Hall–Kier alpha value is -2.33. The van der Waals surface area contributed by atoms with Crippen LogP contribution in [0.5, 0.6) is 0 Å². The smallest absolute Gasteiger partial charge is 0.412 e. The quantitative estimate of drug-likeness (QED) is 0.679. The van der Waals surface area contributed by atoms with Crippen LogP contribution in [-0.4, -0.2) is 31.6 Å². The Kier molecular flexibility index (Phi) is 5.44. The molecule has 7 nitrogen and oxygen atoms in total. The lowest BCUT2D eigenvalue weighted by atomic mass is 9.88. The number of aliphatic hydroxyl groups is 1. The number of rotatable bonds is 4. The Morgan fingerprint density at radius 2 is 1.96 bits per heavy atom. The first kappa shape index (κ1) is 21.0. The van der Waals surface area contributed by atoms with Crippen LogP contribution in [0, 0.1) is 4.77 Å². The summed E-state index contributed by atoms with van der Waals surface area (Å²) in [6, 6.07) is 5.52. The highest BCUT2D eigenvalue weighted by Crippen LogP contribution is 2.44. The molecule has 0 bridgehead atoms. The number of aromatic amines is 1. The minimum atomic E-state index is -3.76. The molecule has 1 aromatic heterocycles. The average molecular weight is 400 g/mol. The van der Waals surface area contributed by atoms with Crippen molar-refractivity contribution in [2.24, 2.45) is 7.05 Å². The number of halogens is 2. The molecule has 1 heterocycles. The summed E-state index contributed by atoms with van der Waals surface area (Å²) >= 11 is 4.86. The zero-order chi connectivity index (χ0) is 20.6. The van der Waals surface area contributed by atoms with Crippen molar-refractivity contribution in [3.63, 3.8) is 0 Å². The van der Waals surface area contributed by atoms with Crippen molar-refractivity contribution in [1.82, 2.24) is 14.8 Å². The number of alkyl halides is 2. The fraction of sp³-hybridized carbons (Fsp3) is 0.471. The van der Waals surface area contributed by atoms with Gasteiger partial charge in [0.15, 0.2) is 10.4 Å². The fourth-order valence-corrected chi connectivity index (χ4v) is 2.48. The minimum Gasteiger partial charge on any atom is -0.444 e. The Bertz CT molecular complexity index is 900. The lowest BCUT2D eigenvalue weighted by molar-refractivity contribution is -0.191. The van der Waals surface area contributed by atoms with E-state index in [1.54, 1.807) is 20.8 Å². The lowest BCUT2D eigenvalue weighted by Crippen LogP contribution is -2.42. The van der Waals surface area contributed by atoms with Crippen LogP contribution in [0.2, 0.25) is 0 Å². The third-order valence-corrected chi connectivity index (χ3v) is 4.21. The van der Waals surface area contributed by atoms with Crippen LogP contribution < -0.4 is 5.32 Å². The van der Waals surface area contributed by atoms with Gasteiger partial charge in [-0.2, -0.15) is 13.9 Å². The Balaban J connectivity index is 2.35. The maximum Gasteiger partial charge on any atom is 0.412 e. The molecular weight excluding hydrogens is 378 g/mol. The number of aromatic nitrogens is 3. The molecule has 10 heteroatoms. The standard InChI is InChI=1S/C17H22F2N4O3S/c1-15(2,3)26-14(24)20-11-8-6-7-10(9-11)16(4,25)17(18,19)12-21-22-13(27)23(12)5/h6-9,25H,1-5H3,(H,20,24)(H,22,27). The van der Waals surface area contributed by atoms with E-state index in [0.29, 0.717) is 0 Å². The van der Waals surface area contributed by atoms with Crippen molar-refractivity contribution in [2.75, 3.05) is 5.32 Å². The van der Waals surface area contributed by atoms with Crippen molar-refractivity contribution in [2.45, 2.75) is 44.8 Å². The van der Waals surface area contributed by atoms with Gasteiger partial charge in [0.2, 0.25) is 5.82 Å². The van der Waals surface area contributed by atoms with Gasteiger partial charge in [0.05, 0.1) is 0 Å². The molecule has 27 heavy (non-hydrogen) atoms. The summed E-state index contributed by atoms with van der Waals surface area (Å²) in [6.45, 7) is 6.07. The number of carbonyl (C=O) groups excluding carboxylic acids is 1. The van der Waals surface area contributed by atoms with Gasteiger partial charge in [-0.3, -0.25) is 10.4 Å². The molecule has 2 rings (SSSR count). The second-order valence-electron chi connectivity index (χ2n) is 7.27. The van der Waals surface area contributed by atoms with E-state index in [2.05, 4.69) is 15.5 Å². The van der Waals surface area contributed by atoms with Gasteiger partial charge in [-0.15, -0.1) is 0 Å². The van der Waals surface area contributed by atoms with Crippen LogP contribution in [0.1, 0.15) is 39.1 Å². The van der Waals surface area contributed by atoms with Gasteiger partial charge in [-0.25, -0.2) is 4.79 Å². The zero-order valence-electron chi connectivity index (χ0n) is 15.6. The number of carbonyl (C=O) groups is 1. The first-order chi connectivity index (χ1) is 12.3. The summed E-state index contributed by atoms with van der Waals surface area (Å²) < 4.78 is 36.1. The Labute approximate surface area is 160 Å². The molecule has 0 fully saturated rings. The highest BCUT2D eigenvalue weighted by Gasteiger charge is 2.55. The molecule has 1 atom stereocenters. The first-order valence-electron chi connectivity index (χ1n) is 8.08. The number of hydrogen-bond donors (Lipinski definition) is 3. The van der Waals surface area contributed by atoms with Gasteiger partial charge >= 0.3 is 12.0 Å². The van der Waals surface area contributed by atoms with Gasteiger partial charge in [-0.1, -0.05) is 12.1 Å². The van der Waals surface area contributed by atoms with Gasteiger partial charge in [0.1, 0.15) is 5.60 Å². The molecule has 0 radical (unpaired) electrons. The van der Waals surface area contributed by atoms with Crippen LogP contribution in [0.25, 0.3) is 0 Å². The van der Waals surface area contributed by atoms with Gasteiger partial charge in [0, 0.05) is 12.7 Å². The van der Waals surface area contributed by atoms with E-state index in [0.717, 1.165) is 11.5 Å². The van der Waals surface area contributed by atoms with Gasteiger partial charge in [0.25, 0.3) is 0 Å². The monoisotopic (exact) mass is 400 g/mol. The van der Waals surface area contributed by atoms with Gasteiger partial charge in [-0.05, 0) is 57.6 Å². The predicted molar refractivity (Wildman–Crippen MR) is 98.2 cm³/mol. The second kappa shape index (κ2) is 7.01. The highest BCUT2D eigenvalue weighted by molar-refractivity contribution is 7.71. The number of nitrogens with zero attached hydrogens (tertiary/aromatic N) is 2. The van der Waals surface area contributed by atoms with Gasteiger partial charge < -0.3 is 14.4 Å². The topological polar surface area (TPSA) is 92.2 Å². The SMILES string of the molecule is Cn1c(C(F)(F)C(C)(O)c2cccc(NC(=O)OC(C)(C)C)c2)n[nH]c1=S. The number of anilines is 1. The first-order valence-corrected chi connectivity index (χ1v) is 8.49. The highest BCUT2D eigenvalue weighted by atomic mass is 32.1. The molecule has 0 spiro atoms. The lowest BCUT2D eigenvalue weighted by Gasteiger charge is -2.32. The largest absolute Gasteiger partial charge is 0.444 e. The molecule has 0 saturated heterocycles. The average Bonchev–Trinajstić information content (AvgIpc) is 2.85. The van der Waals surface area contributed by atoms with E-state index in [4.69, 9.17) is 17.0 Å². The third-order valence-electron chi connectivity index (χ3n) is 3.84. The van der Waals surface area contributed by atoms with E-state index < -0.39 is 29.0 Å². The van der Waals surface area contributed by atoms with Crippen molar-refractivity contribution in [3.05, 3.63) is 40.4 Å². The molecule has 148 valence electrons. The summed E-state index contributed by atoms with van der Waals surface area (Å²) in [7, 11) is 1.33. The molecule has 1 amide bonds. The number of H-pyrrole nitrogens is 1. The Morgan fingerprint density at radius 3 is 2.48 bits per heavy atom. The summed E-state index contributed by atoms with van der Waals surface area (Å²) in [5, 5.41) is 18.9. The molecule has 2 aromatic rings. The number of benzene rings is 1. The Morgan fingerprint density at radius 1 is 1.33 bits per heavy atom. The zero-order valence-corrected chi connectivity index (χ0v) is 16.4. The normalized spacial score (nSPS) is 14.5. The summed E-state index contributed by atoms with van der Waals surface area (Å²) in [4.78, 5) is 11.9. The van der Waals surface area contributed by atoms with Crippen molar-refractivity contribution >= 4 is 24.0 Å². The minimum absolute atomic E-state index is 0.000757. The van der Waals surface area contributed by atoms with Crippen molar-refractivity contribution in [1.29, 1.82) is 0 Å². The molecule has 0 aliphatic carbocycles. The maximum absolute atomic E-state index is 15.0. The van der Waals surface area contributed by atoms with Crippen molar-refractivity contribution < 1.29 is 23.4 Å². The van der Waals surface area contributed by atoms with Crippen LogP contribution >= 0.6 is 12.2 Å². The summed E-state index contributed by atoms with van der Waals surface area (Å²) in [5.74, 6) is -4.47. The summed E-state index contributed by atoms with van der Waals surface area (Å²) in [6.07, 6.45) is -0.736. The van der Waals surface area contributed by atoms with Crippen molar-refractivity contribution in [3.8, 4) is 0 Å². The van der Waals surface area contributed by atoms with E-state index in [9.17, 15) is 18.7 Å². The predicted octanol–water partition coefficient (Wildman–Crippen LogP) is 3.82. The molecule has 3 N–H and O–H groups in total. The van der Waals surface area contributed by atoms with E-state index in [-0.39, 0.29) is 16.0 Å². The third kappa shape index (κ3) is 4.33. The fourth-order valence-electron chi connectivity index (χ4n) is 2.35. The molecule has 0 aliphatic heterocycles. The molecule has 0 aliphatic rings. The molecule has 0 saturated carbocycles. The van der Waals surface area contributed by atoms with E-state index in [1.807, 2.05) is 0 Å².